The second-order valence-electron chi connectivity index (χ2n) is 4.18. The van der Waals surface area contributed by atoms with Crippen LogP contribution in [-0.2, 0) is 9.59 Å². The maximum atomic E-state index is 11.7. The molecule has 1 unspecified atom stereocenters. The van der Waals surface area contributed by atoms with Crippen LogP contribution in [0.1, 0.15) is 16.8 Å². The molecule has 0 aliphatic carbocycles. The molecule has 8 nitrogen and oxygen atoms in total. The number of primary amides is 1. The SMILES string of the molecule is NC(=O)COc1ccc(C(=O)NCCC(O)C(=O)O)cc1. The van der Waals surface area contributed by atoms with Gasteiger partial charge in [0, 0.05) is 18.5 Å². The first-order valence-corrected chi connectivity index (χ1v) is 6.10. The molecule has 21 heavy (non-hydrogen) atoms. The van der Waals surface area contributed by atoms with Gasteiger partial charge in [-0.15, -0.1) is 0 Å². The average Bonchev–Trinajstić information content (AvgIpc) is 2.45. The third-order valence-electron chi connectivity index (χ3n) is 2.49. The summed E-state index contributed by atoms with van der Waals surface area (Å²) in [7, 11) is 0. The van der Waals surface area contributed by atoms with Crippen molar-refractivity contribution < 1.29 is 29.3 Å². The fourth-order valence-corrected chi connectivity index (χ4v) is 1.40. The minimum Gasteiger partial charge on any atom is -0.484 e. The van der Waals surface area contributed by atoms with Crippen molar-refractivity contribution in [3.63, 3.8) is 0 Å². The number of aliphatic hydroxyl groups is 1. The van der Waals surface area contributed by atoms with Gasteiger partial charge >= 0.3 is 5.97 Å². The van der Waals surface area contributed by atoms with E-state index < -0.39 is 23.9 Å². The molecule has 8 heteroatoms. The van der Waals surface area contributed by atoms with E-state index in [9.17, 15) is 14.4 Å². The molecule has 0 aliphatic rings. The molecule has 0 bridgehead atoms. The number of carboxylic acid groups (broad SMARTS) is 1. The first-order valence-electron chi connectivity index (χ1n) is 6.10. The van der Waals surface area contributed by atoms with E-state index in [1.807, 2.05) is 0 Å². The van der Waals surface area contributed by atoms with Crippen molar-refractivity contribution in [2.75, 3.05) is 13.2 Å². The Morgan fingerprint density at radius 2 is 1.86 bits per heavy atom. The van der Waals surface area contributed by atoms with Gasteiger partial charge in [-0.25, -0.2) is 4.79 Å². The zero-order valence-electron chi connectivity index (χ0n) is 11.1. The van der Waals surface area contributed by atoms with Gasteiger partial charge in [0.15, 0.2) is 12.7 Å². The highest BCUT2D eigenvalue weighted by Crippen LogP contribution is 2.12. The second-order valence-corrected chi connectivity index (χ2v) is 4.18. The maximum absolute atomic E-state index is 11.7. The molecule has 5 N–H and O–H groups in total. The fraction of sp³-hybridized carbons (Fsp3) is 0.308. The van der Waals surface area contributed by atoms with Crippen molar-refractivity contribution in [2.45, 2.75) is 12.5 Å². The summed E-state index contributed by atoms with van der Waals surface area (Å²) in [5.74, 6) is -1.95. The number of carbonyl (C=O) groups excluding carboxylic acids is 2. The number of aliphatic carboxylic acids is 1. The van der Waals surface area contributed by atoms with E-state index in [1.54, 1.807) is 0 Å². The van der Waals surface area contributed by atoms with Gasteiger partial charge in [0.05, 0.1) is 0 Å². The van der Waals surface area contributed by atoms with E-state index in [2.05, 4.69) is 5.32 Å². The zero-order chi connectivity index (χ0) is 15.8. The predicted octanol–water partition coefficient (Wildman–Crippen LogP) is -0.884. The van der Waals surface area contributed by atoms with E-state index in [4.69, 9.17) is 20.7 Å². The van der Waals surface area contributed by atoms with Gasteiger partial charge in [-0.2, -0.15) is 0 Å². The number of hydrogen-bond acceptors (Lipinski definition) is 5. The summed E-state index contributed by atoms with van der Waals surface area (Å²) in [6.07, 6.45) is -1.59. The summed E-state index contributed by atoms with van der Waals surface area (Å²) < 4.78 is 5.04. The summed E-state index contributed by atoms with van der Waals surface area (Å²) in [5, 5.41) is 20.0. The molecule has 0 saturated carbocycles. The Morgan fingerprint density at radius 1 is 1.24 bits per heavy atom. The third-order valence-corrected chi connectivity index (χ3v) is 2.49. The molecule has 1 aromatic rings. The Balaban J connectivity index is 2.44. The lowest BCUT2D eigenvalue weighted by Crippen LogP contribution is -2.30. The van der Waals surface area contributed by atoms with Crippen molar-refractivity contribution >= 4 is 17.8 Å². The van der Waals surface area contributed by atoms with Gasteiger partial charge in [-0.1, -0.05) is 0 Å². The lowest BCUT2D eigenvalue weighted by Gasteiger charge is -2.08. The van der Waals surface area contributed by atoms with Crippen LogP contribution in [-0.4, -0.2) is 47.3 Å². The summed E-state index contributed by atoms with van der Waals surface area (Å²) in [5.41, 5.74) is 5.27. The summed E-state index contributed by atoms with van der Waals surface area (Å²) in [6.45, 7) is -0.217. The molecule has 0 aromatic heterocycles. The number of carboxylic acids is 1. The smallest absolute Gasteiger partial charge is 0.332 e. The largest absolute Gasteiger partial charge is 0.484 e. The van der Waals surface area contributed by atoms with E-state index in [-0.39, 0.29) is 19.6 Å². The van der Waals surface area contributed by atoms with E-state index in [0.717, 1.165) is 0 Å². The monoisotopic (exact) mass is 296 g/mol. The van der Waals surface area contributed by atoms with Gasteiger partial charge in [0.2, 0.25) is 0 Å². The third kappa shape index (κ3) is 5.91. The lowest BCUT2D eigenvalue weighted by molar-refractivity contribution is -0.146. The molecule has 0 fully saturated rings. The predicted molar refractivity (Wildman–Crippen MR) is 71.7 cm³/mol. The van der Waals surface area contributed by atoms with E-state index in [0.29, 0.717) is 11.3 Å². The standard InChI is InChI=1S/C13H16N2O6/c14-11(17)7-21-9-3-1-8(2-4-9)12(18)15-6-5-10(16)13(19)20/h1-4,10,16H,5-7H2,(H2,14,17)(H,15,18)(H,19,20). The highest BCUT2D eigenvalue weighted by atomic mass is 16.5. The Labute approximate surface area is 120 Å². The van der Waals surface area contributed by atoms with Crippen molar-refractivity contribution in [2.24, 2.45) is 5.73 Å². The number of rotatable bonds is 8. The molecule has 0 heterocycles. The first-order chi connectivity index (χ1) is 9.90. The van der Waals surface area contributed by atoms with Crippen molar-refractivity contribution in [3.05, 3.63) is 29.8 Å². The number of amides is 2. The zero-order valence-corrected chi connectivity index (χ0v) is 11.1. The lowest BCUT2D eigenvalue weighted by atomic mass is 10.2. The van der Waals surface area contributed by atoms with Crippen LogP contribution in [0.25, 0.3) is 0 Å². The van der Waals surface area contributed by atoms with Crippen molar-refractivity contribution in [1.29, 1.82) is 0 Å². The molecule has 1 aromatic carbocycles. The second kappa shape index (κ2) is 7.85. The molecule has 2 amide bonds. The minimum atomic E-state index is -1.50. The van der Waals surface area contributed by atoms with Crippen LogP contribution in [0.5, 0.6) is 5.75 Å². The van der Waals surface area contributed by atoms with Crippen molar-refractivity contribution in [3.8, 4) is 5.75 Å². The van der Waals surface area contributed by atoms with Crippen LogP contribution in [0, 0.1) is 0 Å². The molecule has 1 rings (SSSR count). The number of aliphatic hydroxyl groups excluding tert-OH is 1. The molecule has 0 spiro atoms. The summed E-state index contributed by atoms with van der Waals surface area (Å²) >= 11 is 0. The van der Waals surface area contributed by atoms with Gasteiger partial charge in [-0.05, 0) is 24.3 Å². The molecular weight excluding hydrogens is 280 g/mol. The molecule has 0 saturated heterocycles. The number of hydrogen-bond donors (Lipinski definition) is 4. The molecule has 0 radical (unpaired) electrons. The highest BCUT2D eigenvalue weighted by Gasteiger charge is 2.13. The minimum absolute atomic E-state index is 0.0340. The van der Waals surface area contributed by atoms with Crippen molar-refractivity contribution in [1.82, 2.24) is 5.32 Å². The number of nitrogens with one attached hydrogen (secondary N) is 1. The average molecular weight is 296 g/mol. The summed E-state index contributed by atoms with van der Waals surface area (Å²) in [4.78, 5) is 32.6. The summed E-state index contributed by atoms with van der Waals surface area (Å²) in [6, 6.07) is 5.98. The Kier molecular flexibility index (Phi) is 6.15. The molecule has 1 atom stereocenters. The quantitative estimate of drug-likeness (QED) is 0.491. The number of nitrogens with two attached hydrogens (primary N) is 1. The number of benzene rings is 1. The number of ether oxygens (including phenoxy) is 1. The maximum Gasteiger partial charge on any atom is 0.332 e. The Hall–Kier alpha value is -2.61. The van der Waals surface area contributed by atoms with E-state index in [1.165, 1.54) is 24.3 Å². The van der Waals surface area contributed by atoms with Gasteiger partial charge in [0.1, 0.15) is 5.75 Å². The highest BCUT2D eigenvalue weighted by molar-refractivity contribution is 5.94. The Bertz CT molecular complexity index is 514. The number of carbonyl (C=O) groups is 3. The molecule has 0 aliphatic heterocycles. The van der Waals surface area contributed by atoms with Crippen LogP contribution in [0.2, 0.25) is 0 Å². The molecular formula is C13H16N2O6. The van der Waals surface area contributed by atoms with Crippen LogP contribution >= 0.6 is 0 Å². The van der Waals surface area contributed by atoms with Gasteiger partial charge in [0.25, 0.3) is 11.8 Å². The topological polar surface area (TPSA) is 139 Å². The van der Waals surface area contributed by atoms with Crippen LogP contribution in [0.15, 0.2) is 24.3 Å². The van der Waals surface area contributed by atoms with Gasteiger partial charge in [-0.3, -0.25) is 9.59 Å². The van der Waals surface area contributed by atoms with Gasteiger partial charge < -0.3 is 26.0 Å². The molecule has 114 valence electrons. The Morgan fingerprint density at radius 3 is 2.38 bits per heavy atom. The normalized spacial score (nSPS) is 11.5. The van der Waals surface area contributed by atoms with Crippen LogP contribution in [0.3, 0.4) is 0 Å². The van der Waals surface area contributed by atoms with Crippen LogP contribution in [0.4, 0.5) is 0 Å². The van der Waals surface area contributed by atoms with E-state index >= 15 is 0 Å². The fourth-order valence-electron chi connectivity index (χ4n) is 1.40. The first kappa shape index (κ1) is 16.4. The van der Waals surface area contributed by atoms with Crippen LogP contribution < -0.4 is 15.8 Å².